The second-order valence-corrected chi connectivity index (χ2v) is 10.6. The van der Waals surface area contributed by atoms with Crippen LogP contribution in [0.4, 0.5) is 9.18 Å². The van der Waals surface area contributed by atoms with Gasteiger partial charge < -0.3 is 19.7 Å². The Kier molecular flexibility index (Phi) is 5.41. The SMILES string of the molecule is COC(=O)O[C@]1(C(=O)CO)[C@@H](C)C[C@H]2[C@@H]3CC(=O)C4=CC(=O)CC[C@]4(C)[C@@]3(F)[C@@H](O)C[C@@]21C. The fourth-order valence-electron chi connectivity index (χ4n) is 7.87. The Bertz CT molecular complexity index is 960. The minimum absolute atomic E-state index is 0.0785. The molecule has 0 unspecified atom stereocenters. The van der Waals surface area contributed by atoms with Crippen molar-refractivity contribution in [2.24, 2.45) is 28.6 Å². The summed E-state index contributed by atoms with van der Waals surface area (Å²) in [6, 6.07) is 0. The number of methoxy groups -OCH3 is 1. The van der Waals surface area contributed by atoms with E-state index < -0.39 is 64.5 Å². The first-order valence-corrected chi connectivity index (χ1v) is 11.4. The summed E-state index contributed by atoms with van der Waals surface area (Å²) in [5.41, 5.74) is -6.52. The number of ether oxygens (including phenoxy) is 2. The second kappa shape index (κ2) is 7.43. The van der Waals surface area contributed by atoms with Crippen molar-refractivity contribution in [1.82, 2.24) is 0 Å². The lowest BCUT2D eigenvalue weighted by Crippen LogP contribution is -2.71. The molecule has 0 amide bonds. The molecule has 4 aliphatic rings. The summed E-state index contributed by atoms with van der Waals surface area (Å²) >= 11 is 0. The minimum Gasteiger partial charge on any atom is -0.438 e. The molecule has 0 heterocycles. The quantitative estimate of drug-likeness (QED) is 0.606. The number of carbonyl (C=O) groups is 4. The van der Waals surface area contributed by atoms with Crippen LogP contribution in [0.2, 0.25) is 0 Å². The highest BCUT2D eigenvalue weighted by Crippen LogP contribution is 2.71. The molecule has 9 heteroatoms. The average Bonchev–Trinajstić information content (AvgIpc) is 2.98. The fourth-order valence-corrected chi connectivity index (χ4v) is 7.87. The molecule has 0 radical (unpaired) electrons. The van der Waals surface area contributed by atoms with Gasteiger partial charge >= 0.3 is 6.16 Å². The normalized spacial score (nSPS) is 46.6. The van der Waals surface area contributed by atoms with Gasteiger partial charge in [-0.05, 0) is 31.3 Å². The third-order valence-corrected chi connectivity index (χ3v) is 9.39. The number of halogens is 1. The maximum absolute atomic E-state index is 17.2. The van der Waals surface area contributed by atoms with Gasteiger partial charge in [-0.15, -0.1) is 0 Å². The van der Waals surface area contributed by atoms with Crippen molar-refractivity contribution < 1.29 is 43.3 Å². The van der Waals surface area contributed by atoms with E-state index in [4.69, 9.17) is 4.74 Å². The first kappa shape index (κ1) is 24.0. The molecule has 2 N–H and O–H groups in total. The first-order valence-electron chi connectivity index (χ1n) is 11.4. The number of aliphatic hydroxyl groups excluding tert-OH is 2. The predicted molar refractivity (Wildman–Crippen MR) is 112 cm³/mol. The van der Waals surface area contributed by atoms with Crippen molar-refractivity contribution in [3.63, 3.8) is 0 Å². The Labute approximate surface area is 191 Å². The summed E-state index contributed by atoms with van der Waals surface area (Å²) in [5, 5.41) is 21.1. The van der Waals surface area contributed by atoms with E-state index in [0.29, 0.717) is 0 Å². The van der Waals surface area contributed by atoms with Crippen molar-refractivity contribution in [2.75, 3.05) is 13.7 Å². The molecule has 0 aromatic rings. The molecular weight excluding hydrogens is 435 g/mol. The van der Waals surface area contributed by atoms with Gasteiger partial charge in [0.05, 0.1) is 13.2 Å². The van der Waals surface area contributed by atoms with Gasteiger partial charge in [0.2, 0.25) is 5.78 Å². The molecule has 0 saturated heterocycles. The van der Waals surface area contributed by atoms with Crippen LogP contribution in [0.5, 0.6) is 0 Å². The minimum atomic E-state index is -2.21. The van der Waals surface area contributed by atoms with Crippen molar-refractivity contribution in [3.8, 4) is 0 Å². The lowest BCUT2D eigenvalue weighted by molar-refractivity contribution is -0.228. The monoisotopic (exact) mass is 466 g/mol. The van der Waals surface area contributed by atoms with E-state index in [-0.39, 0.29) is 49.2 Å². The van der Waals surface area contributed by atoms with Gasteiger partial charge in [0, 0.05) is 41.1 Å². The Morgan fingerprint density at radius 2 is 1.91 bits per heavy atom. The molecule has 3 fully saturated rings. The Morgan fingerprint density at radius 1 is 1.24 bits per heavy atom. The molecule has 4 aliphatic carbocycles. The molecule has 8 nitrogen and oxygen atoms in total. The number of alkyl halides is 1. The summed E-state index contributed by atoms with van der Waals surface area (Å²) in [7, 11) is 1.10. The molecule has 0 aliphatic heterocycles. The van der Waals surface area contributed by atoms with E-state index in [9.17, 15) is 29.4 Å². The third-order valence-electron chi connectivity index (χ3n) is 9.39. The van der Waals surface area contributed by atoms with Crippen LogP contribution < -0.4 is 0 Å². The number of fused-ring (bicyclic) bond motifs is 5. The van der Waals surface area contributed by atoms with Crippen LogP contribution in [0.15, 0.2) is 11.6 Å². The van der Waals surface area contributed by atoms with Crippen LogP contribution in [-0.2, 0) is 23.9 Å². The second-order valence-electron chi connectivity index (χ2n) is 10.6. The topological polar surface area (TPSA) is 127 Å². The Balaban J connectivity index is 1.88. The number of hydrogen-bond donors (Lipinski definition) is 2. The number of allylic oxidation sites excluding steroid dienone is 1. The summed E-state index contributed by atoms with van der Waals surface area (Å²) < 4.78 is 27.4. The van der Waals surface area contributed by atoms with Crippen molar-refractivity contribution in [1.29, 1.82) is 0 Å². The number of carbonyl (C=O) groups excluding carboxylic acids is 4. The van der Waals surface area contributed by atoms with Gasteiger partial charge in [0.1, 0.15) is 12.3 Å². The first-order chi connectivity index (χ1) is 15.3. The Hall–Kier alpha value is -2.13. The van der Waals surface area contributed by atoms with Crippen LogP contribution in [0.25, 0.3) is 0 Å². The number of aliphatic hydroxyl groups is 2. The Morgan fingerprint density at radius 3 is 2.52 bits per heavy atom. The molecule has 0 spiro atoms. The maximum Gasteiger partial charge on any atom is 0.509 e. The zero-order chi connectivity index (χ0) is 24.6. The lowest BCUT2D eigenvalue weighted by atomic mass is 9.43. The number of rotatable bonds is 3. The number of Topliss-reactive ketones (excluding diaryl/α,β-unsaturated/α-hetero) is 2. The van der Waals surface area contributed by atoms with E-state index in [2.05, 4.69) is 4.74 Å². The van der Waals surface area contributed by atoms with Crippen molar-refractivity contribution in [3.05, 3.63) is 11.6 Å². The molecule has 3 saturated carbocycles. The molecule has 182 valence electrons. The van der Waals surface area contributed by atoms with E-state index in [1.54, 1.807) is 20.8 Å². The van der Waals surface area contributed by atoms with Gasteiger partial charge in [-0.2, -0.15) is 0 Å². The van der Waals surface area contributed by atoms with Crippen LogP contribution in [0, 0.1) is 28.6 Å². The highest BCUT2D eigenvalue weighted by molar-refractivity contribution is 6.06. The van der Waals surface area contributed by atoms with Crippen LogP contribution in [-0.4, -0.2) is 64.8 Å². The molecule has 33 heavy (non-hydrogen) atoms. The van der Waals surface area contributed by atoms with E-state index in [1.165, 1.54) is 6.08 Å². The van der Waals surface area contributed by atoms with Crippen LogP contribution >= 0.6 is 0 Å². The fraction of sp³-hybridized carbons (Fsp3) is 0.750. The number of ketones is 3. The summed E-state index contributed by atoms with van der Waals surface area (Å²) in [6.45, 7) is 4.03. The van der Waals surface area contributed by atoms with Gasteiger partial charge in [0.15, 0.2) is 17.2 Å². The summed E-state index contributed by atoms with van der Waals surface area (Å²) in [6.07, 6.45) is -1.48. The average molecular weight is 467 g/mol. The third kappa shape index (κ3) is 2.75. The zero-order valence-electron chi connectivity index (χ0n) is 19.4. The van der Waals surface area contributed by atoms with E-state index in [0.717, 1.165) is 7.11 Å². The van der Waals surface area contributed by atoms with E-state index in [1.807, 2.05) is 0 Å². The summed E-state index contributed by atoms with van der Waals surface area (Å²) in [5.74, 6) is -3.49. The molecule has 0 aromatic carbocycles. The molecule has 8 atom stereocenters. The largest absolute Gasteiger partial charge is 0.509 e. The van der Waals surface area contributed by atoms with Crippen molar-refractivity contribution >= 4 is 23.5 Å². The van der Waals surface area contributed by atoms with Crippen LogP contribution in [0.1, 0.15) is 52.9 Å². The van der Waals surface area contributed by atoms with Gasteiger partial charge in [-0.3, -0.25) is 14.4 Å². The summed E-state index contributed by atoms with van der Waals surface area (Å²) in [4.78, 5) is 50.5. The predicted octanol–water partition coefficient (Wildman–Crippen LogP) is 2.09. The number of hydrogen-bond acceptors (Lipinski definition) is 8. The maximum atomic E-state index is 17.2. The van der Waals surface area contributed by atoms with Gasteiger partial charge in [0.25, 0.3) is 0 Å². The lowest BCUT2D eigenvalue weighted by Gasteiger charge is -2.63. The zero-order valence-corrected chi connectivity index (χ0v) is 19.4. The standard InChI is InChI=1S/C24H31FO8/c1-12-7-14-15-9-17(28)16-8-13(27)5-6-21(16,2)23(15,25)18(29)10-22(14,3)24(12,19(30)11-26)33-20(31)32-4/h8,12,14-15,18,26,29H,5-7,9-11H2,1-4H3/t12-,14-,15-,18-,21-,22-,23-,24-/m0/s1. The van der Waals surface area contributed by atoms with Crippen molar-refractivity contribution in [2.45, 2.75) is 70.2 Å². The molecule has 0 bridgehead atoms. The molecule has 4 rings (SSSR count). The molecule has 0 aromatic heterocycles. The van der Waals surface area contributed by atoms with Gasteiger partial charge in [-0.25, -0.2) is 9.18 Å². The van der Waals surface area contributed by atoms with Crippen LogP contribution in [0.3, 0.4) is 0 Å². The van der Waals surface area contributed by atoms with Gasteiger partial charge in [-0.1, -0.05) is 20.8 Å². The van der Waals surface area contributed by atoms with E-state index >= 15 is 4.39 Å². The smallest absolute Gasteiger partial charge is 0.438 e. The molecular formula is C24H31FO8. The highest BCUT2D eigenvalue weighted by Gasteiger charge is 2.78. The highest BCUT2D eigenvalue weighted by atomic mass is 19.1.